The topological polar surface area (TPSA) is 64.1 Å². The van der Waals surface area contributed by atoms with E-state index in [0.29, 0.717) is 33.7 Å². The van der Waals surface area contributed by atoms with Gasteiger partial charge in [0.1, 0.15) is 21.7 Å². The summed E-state index contributed by atoms with van der Waals surface area (Å²) in [6, 6.07) is 11.2. The molecule has 1 aliphatic rings. The van der Waals surface area contributed by atoms with Crippen LogP contribution in [0.25, 0.3) is 10.2 Å². The summed E-state index contributed by atoms with van der Waals surface area (Å²) >= 11 is 8.94. The van der Waals surface area contributed by atoms with Crippen molar-refractivity contribution in [3.05, 3.63) is 41.4 Å². The number of rotatable bonds is 10. The molecular formula is C24H28ClN3O4S2. The Bertz CT molecular complexity index is 1060. The van der Waals surface area contributed by atoms with Gasteiger partial charge in [-0.05, 0) is 42.8 Å². The van der Waals surface area contributed by atoms with Gasteiger partial charge in [0.25, 0.3) is 0 Å². The van der Waals surface area contributed by atoms with E-state index in [1.54, 1.807) is 19.1 Å². The van der Waals surface area contributed by atoms with Gasteiger partial charge in [-0.1, -0.05) is 22.9 Å². The van der Waals surface area contributed by atoms with Gasteiger partial charge in [0.05, 0.1) is 33.2 Å². The third kappa shape index (κ3) is 6.14. The number of methoxy groups -OCH3 is 2. The van der Waals surface area contributed by atoms with Crippen molar-refractivity contribution in [2.45, 2.75) is 11.3 Å². The molecule has 0 N–H and O–H groups in total. The molecule has 1 aromatic heterocycles. The molecule has 1 saturated heterocycles. The number of hydrogen-bond acceptors (Lipinski definition) is 8. The standard InChI is InChI=1S/C24H28ClN3O4S2/c1-30-19-8-9-20(31-2)23-22(19)26-24(34-23)28(11-3-10-27-12-14-32-15-13-27)21(29)16-33-18-6-4-17(25)5-7-18/h4-9H,3,10-16H2,1-2H3. The first-order valence-electron chi connectivity index (χ1n) is 11.1. The molecule has 1 fully saturated rings. The van der Waals surface area contributed by atoms with E-state index in [4.69, 9.17) is 30.8 Å². The number of benzene rings is 2. The fourth-order valence-corrected chi connectivity index (χ4v) is 5.77. The van der Waals surface area contributed by atoms with E-state index in [9.17, 15) is 4.79 Å². The van der Waals surface area contributed by atoms with Gasteiger partial charge < -0.3 is 14.2 Å². The molecule has 2 heterocycles. The summed E-state index contributed by atoms with van der Waals surface area (Å²) in [5, 5.41) is 1.33. The number of nitrogens with zero attached hydrogens (tertiary/aromatic N) is 3. The molecule has 34 heavy (non-hydrogen) atoms. The summed E-state index contributed by atoms with van der Waals surface area (Å²) in [7, 11) is 3.25. The summed E-state index contributed by atoms with van der Waals surface area (Å²) in [6.45, 7) is 4.87. The average molecular weight is 522 g/mol. The number of halogens is 1. The molecule has 0 bridgehead atoms. The summed E-state index contributed by atoms with van der Waals surface area (Å²) in [4.78, 5) is 23.4. The Morgan fingerprint density at radius 3 is 2.56 bits per heavy atom. The molecule has 0 aliphatic carbocycles. The van der Waals surface area contributed by atoms with Crippen LogP contribution in [0.3, 0.4) is 0 Å². The van der Waals surface area contributed by atoms with Gasteiger partial charge in [-0.3, -0.25) is 14.6 Å². The van der Waals surface area contributed by atoms with Crippen molar-refractivity contribution in [2.75, 3.05) is 64.3 Å². The van der Waals surface area contributed by atoms with Crippen LogP contribution in [0.5, 0.6) is 11.5 Å². The molecule has 1 amide bonds. The molecule has 2 aromatic carbocycles. The Morgan fingerprint density at radius 1 is 1.15 bits per heavy atom. The van der Waals surface area contributed by atoms with Crippen LogP contribution in [0.4, 0.5) is 5.13 Å². The van der Waals surface area contributed by atoms with E-state index >= 15 is 0 Å². The van der Waals surface area contributed by atoms with Gasteiger partial charge in [-0.2, -0.15) is 0 Å². The normalized spacial score (nSPS) is 14.3. The molecular weight excluding hydrogens is 494 g/mol. The summed E-state index contributed by atoms with van der Waals surface area (Å²) in [5.41, 5.74) is 0.707. The van der Waals surface area contributed by atoms with E-state index in [1.807, 2.05) is 36.4 Å². The first-order valence-corrected chi connectivity index (χ1v) is 13.3. The van der Waals surface area contributed by atoms with E-state index in [0.717, 1.165) is 54.6 Å². The van der Waals surface area contributed by atoms with Crippen LogP contribution in [0, 0.1) is 0 Å². The molecule has 7 nitrogen and oxygen atoms in total. The number of anilines is 1. The number of hydrogen-bond donors (Lipinski definition) is 0. The Kier molecular flexibility index (Phi) is 8.91. The van der Waals surface area contributed by atoms with Crippen LogP contribution in [0.2, 0.25) is 5.02 Å². The lowest BCUT2D eigenvalue weighted by Gasteiger charge is -2.27. The van der Waals surface area contributed by atoms with Crippen LogP contribution in [0.1, 0.15) is 6.42 Å². The molecule has 3 aromatic rings. The lowest BCUT2D eigenvalue weighted by atomic mass is 10.3. The second-order valence-electron chi connectivity index (χ2n) is 7.74. The van der Waals surface area contributed by atoms with Crippen molar-refractivity contribution < 1.29 is 19.0 Å². The van der Waals surface area contributed by atoms with Crippen LogP contribution < -0.4 is 14.4 Å². The molecule has 0 saturated carbocycles. The number of morpholine rings is 1. The first kappa shape index (κ1) is 25.1. The van der Waals surface area contributed by atoms with Gasteiger partial charge in [-0.25, -0.2) is 4.98 Å². The minimum Gasteiger partial charge on any atom is -0.495 e. The van der Waals surface area contributed by atoms with E-state index in [-0.39, 0.29) is 5.91 Å². The van der Waals surface area contributed by atoms with Crippen molar-refractivity contribution in [1.29, 1.82) is 0 Å². The van der Waals surface area contributed by atoms with Crippen LogP contribution in [-0.2, 0) is 9.53 Å². The number of amides is 1. The van der Waals surface area contributed by atoms with Gasteiger partial charge in [0, 0.05) is 36.1 Å². The first-order chi connectivity index (χ1) is 16.6. The number of carbonyl (C=O) groups excluding carboxylic acids is 1. The van der Waals surface area contributed by atoms with E-state index < -0.39 is 0 Å². The van der Waals surface area contributed by atoms with Crippen LogP contribution in [-0.4, -0.2) is 75.2 Å². The number of carbonyl (C=O) groups is 1. The number of aromatic nitrogens is 1. The number of fused-ring (bicyclic) bond motifs is 1. The maximum Gasteiger partial charge on any atom is 0.239 e. The summed E-state index contributed by atoms with van der Waals surface area (Å²) in [5.74, 6) is 1.70. The van der Waals surface area contributed by atoms with Gasteiger partial charge in [0.15, 0.2) is 5.13 Å². The Morgan fingerprint density at radius 2 is 1.85 bits per heavy atom. The Hall–Kier alpha value is -2.04. The molecule has 0 radical (unpaired) electrons. The third-order valence-electron chi connectivity index (χ3n) is 5.57. The highest BCUT2D eigenvalue weighted by atomic mass is 35.5. The highest BCUT2D eigenvalue weighted by Crippen LogP contribution is 2.40. The van der Waals surface area contributed by atoms with Crippen molar-refractivity contribution in [3.63, 3.8) is 0 Å². The highest BCUT2D eigenvalue weighted by Gasteiger charge is 2.23. The maximum absolute atomic E-state index is 13.4. The zero-order chi connectivity index (χ0) is 23.9. The number of thiazole rings is 1. The predicted molar refractivity (Wildman–Crippen MR) is 139 cm³/mol. The Labute approximate surface area is 212 Å². The van der Waals surface area contributed by atoms with Gasteiger partial charge in [0.2, 0.25) is 5.91 Å². The monoisotopic (exact) mass is 521 g/mol. The average Bonchev–Trinajstić information content (AvgIpc) is 3.31. The second kappa shape index (κ2) is 12.1. The Balaban J connectivity index is 1.54. The molecule has 10 heteroatoms. The SMILES string of the molecule is COc1ccc(OC)c2sc(N(CCCN3CCOCC3)C(=O)CSc3ccc(Cl)cc3)nc12. The largest absolute Gasteiger partial charge is 0.495 e. The minimum atomic E-state index is 0.0129. The minimum absolute atomic E-state index is 0.0129. The smallest absolute Gasteiger partial charge is 0.239 e. The molecule has 182 valence electrons. The van der Waals surface area contributed by atoms with Crippen LogP contribution in [0.15, 0.2) is 41.3 Å². The fourth-order valence-electron chi connectivity index (χ4n) is 3.75. The van der Waals surface area contributed by atoms with E-state index in [2.05, 4.69) is 4.90 Å². The summed E-state index contributed by atoms with van der Waals surface area (Å²) in [6.07, 6.45) is 0.849. The van der Waals surface area contributed by atoms with Crippen LogP contribution >= 0.6 is 34.7 Å². The van der Waals surface area contributed by atoms with Gasteiger partial charge in [-0.15, -0.1) is 11.8 Å². The third-order valence-corrected chi connectivity index (χ3v) is 7.91. The van der Waals surface area contributed by atoms with Crippen molar-refractivity contribution in [3.8, 4) is 11.5 Å². The lowest BCUT2D eigenvalue weighted by Crippen LogP contribution is -2.39. The molecule has 0 atom stereocenters. The van der Waals surface area contributed by atoms with Gasteiger partial charge >= 0.3 is 0 Å². The van der Waals surface area contributed by atoms with Crippen molar-refractivity contribution in [2.24, 2.45) is 0 Å². The summed E-state index contributed by atoms with van der Waals surface area (Å²) < 4.78 is 17.4. The zero-order valence-corrected chi connectivity index (χ0v) is 21.7. The molecule has 1 aliphatic heterocycles. The second-order valence-corrected chi connectivity index (χ2v) is 10.2. The zero-order valence-electron chi connectivity index (χ0n) is 19.3. The lowest BCUT2D eigenvalue weighted by molar-refractivity contribution is -0.116. The fraction of sp³-hybridized carbons (Fsp3) is 0.417. The number of ether oxygens (including phenoxy) is 3. The van der Waals surface area contributed by atoms with E-state index in [1.165, 1.54) is 23.1 Å². The maximum atomic E-state index is 13.4. The molecule has 4 rings (SSSR count). The highest BCUT2D eigenvalue weighted by molar-refractivity contribution is 8.00. The van der Waals surface area contributed by atoms with Crippen molar-refractivity contribution >= 4 is 56.0 Å². The quantitative estimate of drug-likeness (QED) is 0.354. The molecule has 0 spiro atoms. The van der Waals surface area contributed by atoms with Crippen molar-refractivity contribution in [1.82, 2.24) is 9.88 Å². The molecule has 0 unspecified atom stereocenters. The number of thioether (sulfide) groups is 1. The predicted octanol–water partition coefficient (Wildman–Crippen LogP) is 4.81.